The Hall–Kier alpha value is -2.21. The minimum Gasteiger partial charge on any atom is -0.330 e. The summed E-state index contributed by atoms with van der Waals surface area (Å²) < 4.78 is 1.43. The van der Waals surface area contributed by atoms with Crippen molar-refractivity contribution in [1.29, 1.82) is 0 Å². The topological polar surface area (TPSA) is 93.8 Å². The van der Waals surface area contributed by atoms with E-state index in [1.165, 1.54) is 11.5 Å². The quantitative estimate of drug-likeness (QED) is 0.757. The molecule has 1 aromatic heterocycles. The number of hydrogen-bond acceptors (Lipinski definition) is 4. The molecule has 2 rings (SSSR count). The van der Waals surface area contributed by atoms with Gasteiger partial charge in [0.1, 0.15) is 5.82 Å². The van der Waals surface area contributed by atoms with Crippen LogP contribution in [0, 0.1) is 0 Å². The maximum Gasteiger partial charge on any atom is 0.347 e. The molecule has 2 aromatic rings. The first kappa shape index (κ1) is 12.3. The number of H-pyrrole nitrogens is 1. The summed E-state index contributed by atoms with van der Waals surface area (Å²) >= 11 is 0. The highest BCUT2D eigenvalue weighted by Crippen LogP contribution is 2.11. The second-order valence-corrected chi connectivity index (χ2v) is 3.93. The average Bonchev–Trinajstić information content (AvgIpc) is 2.71. The van der Waals surface area contributed by atoms with Gasteiger partial charge < -0.3 is 5.73 Å². The first-order chi connectivity index (χ1) is 8.63. The second kappa shape index (κ2) is 4.97. The third-order valence-corrected chi connectivity index (χ3v) is 2.62. The highest BCUT2D eigenvalue weighted by atomic mass is 16.1. The van der Waals surface area contributed by atoms with Crippen LogP contribution in [-0.4, -0.2) is 27.1 Å². The van der Waals surface area contributed by atoms with E-state index in [2.05, 4.69) is 10.2 Å². The van der Waals surface area contributed by atoms with Gasteiger partial charge in [-0.25, -0.2) is 14.5 Å². The second-order valence-electron chi connectivity index (χ2n) is 3.93. The average molecular weight is 246 g/mol. The Bertz CT molecular complexity index is 627. The molecule has 3 N–H and O–H groups in total. The van der Waals surface area contributed by atoms with Gasteiger partial charge >= 0.3 is 5.69 Å². The number of rotatable bonds is 4. The lowest BCUT2D eigenvalue weighted by atomic mass is 10.1. The van der Waals surface area contributed by atoms with Crippen molar-refractivity contribution in [3.63, 3.8) is 0 Å². The van der Waals surface area contributed by atoms with Crippen LogP contribution >= 0.6 is 0 Å². The zero-order valence-corrected chi connectivity index (χ0v) is 10.0. The number of aromatic nitrogens is 3. The smallest absolute Gasteiger partial charge is 0.330 e. The van der Waals surface area contributed by atoms with Crippen molar-refractivity contribution >= 4 is 5.78 Å². The van der Waals surface area contributed by atoms with E-state index in [0.29, 0.717) is 30.0 Å². The van der Waals surface area contributed by atoms with Crippen molar-refractivity contribution in [3.05, 3.63) is 46.1 Å². The Balaban J connectivity index is 2.54. The van der Waals surface area contributed by atoms with Crippen LogP contribution in [0.1, 0.15) is 23.1 Å². The number of carbonyl (C=O) groups is 1. The molecule has 0 radical (unpaired) electrons. The predicted molar refractivity (Wildman–Crippen MR) is 66.9 cm³/mol. The summed E-state index contributed by atoms with van der Waals surface area (Å²) in [7, 11) is 0. The monoisotopic (exact) mass is 246 g/mol. The van der Waals surface area contributed by atoms with Crippen LogP contribution in [0.4, 0.5) is 0 Å². The van der Waals surface area contributed by atoms with Crippen LogP contribution in [0.25, 0.3) is 5.69 Å². The summed E-state index contributed by atoms with van der Waals surface area (Å²) in [5, 5.41) is 6.30. The maximum absolute atomic E-state index is 11.7. The van der Waals surface area contributed by atoms with Crippen LogP contribution in [0.15, 0.2) is 29.1 Å². The molecule has 0 saturated heterocycles. The molecule has 1 aromatic carbocycles. The molecule has 0 aliphatic rings. The van der Waals surface area contributed by atoms with Crippen LogP contribution in [0.5, 0.6) is 0 Å². The summed E-state index contributed by atoms with van der Waals surface area (Å²) in [6, 6.07) is 6.86. The van der Waals surface area contributed by atoms with E-state index >= 15 is 0 Å². The van der Waals surface area contributed by atoms with E-state index in [9.17, 15) is 9.59 Å². The molecular formula is C12H14N4O2. The van der Waals surface area contributed by atoms with Crippen molar-refractivity contribution in [1.82, 2.24) is 14.8 Å². The number of hydrogen-bond donors (Lipinski definition) is 2. The largest absolute Gasteiger partial charge is 0.347 e. The molecule has 0 aliphatic carbocycles. The fourth-order valence-corrected chi connectivity index (χ4v) is 1.76. The van der Waals surface area contributed by atoms with E-state index in [4.69, 9.17) is 5.73 Å². The SMILES string of the molecule is CC(=O)c1cccc(-n2c(CCN)n[nH]c2=O)c1. The Morgan fingerprint density at radius 3 is 2.94 bits per heavy atom. The van der Waals surface area contributed by atoms with Crippen molar-refractivity contribution in [2.75, 3.05) is 6.54 Å². The lowest BCUT2D eigenvalue weighted by molar-refractivity contribution is 0.101. The van der Waals surface area contributed by atoms with E-state index in [1.807, 2.05) is 0 Å². The van der Waals surface area contributed by atoms with Gasteiger partial charge in [0.15, 0.2) is 5.78 Å². The molecule has 0 unspecified atom stereocenters. The molecule has 0 fully saturated rings. The standard InChI is InChI=1S/C12H14N4O2/c1-8(17)9-3-2-4-10(7-9)16-11(5-6-13)14-15-12(16)18/h2-4,7H,5-6,13H2,1H3,(H,15,18). The van der Waals surface area contributed by atoms with Gasteiger partial charge in [0.05, 0.1) is 5.69 Å². The number of Topliss-reactive ketones (excluding diaryl/α,β-unsaturated/α-hetero) is 1. The van der Waals surface area contributed by atoms with Gasteiger partial charge in [-0.1, -0.05) is 12.1 Å². The first-order valence-electron chi connectivity index (χ1n) is 5.61. The normalized spacial score (nSPS) is 10.6. The Labute approximate surface area is 103 Å². The molecule has 94 valence electrons. The molecule has 6 heteroatoms. The number of carbonyl (C=O) groups excluding carboxylic acids is 1. The molecule has 1 heterocycles. The third-order valence-electron chi connectivity index (χ3n) is 2.62. The Morgan fingerprint density at radius 1 is 1.50 bits per heavy atom. The number of nitrogens with one attached hydrogen (secondary N) is 1. The summed E-state index contributed by atoms with van der Waals surface area (Å²) in [5.41, 5.74) is 6.31. The van der Waals surface area contributed by atoms with Gasteiger partial charge in [-0.3, -0.25) is 4.79 Å². The minimum absolute atomic E-state index is 0.0474. The minimum atomic E-state index is -0.334. The van der Waals surface area contributed by atoms with Gasteiger partial charge in [0.25, 0.3) is 0 Å². The lowest BCUT2D eigenvalue weighted by Gasteiger charge is -2.06. The molecular weight excluding hydrogens is 232 g/mol. The predicted octanol–water partition coefficient (Wildman–Crippen LogP) is 0.264. The summed E-state index contributed by atoms with van der Waals surface area (Å²) in [4.78, 5) is 23.0. The van der Waals surface area contributed by atoms with Crippen LogP contribution in [0.2, 0.25) is 0 Å². The summed E-state index contributed by atoms with van der Waals surface area (Å²) in [5.74, 6) is 0.511. The highest BCUT2D eigenvalue weighted by molar-refractivity contribution is 5.94. The van der Waals surface area contributed by atoms with E-state index in [-0.39, 0.29) is 11.5 Å². The van der Waals surface area contributed by atoms with Crippen LogP contribution in [0.3, 0.4) is 0 Å². The number of nitrogens with two attached hydrogens (primary N) is 1. The molecule has 0 aliphatic heterocycles. The van der Waals surface area contributed by atoms with Gasteiger partial charge in [0.2, 0.25) is 0 Å². The summed E-state index contributed by atoms with van der Waals surface area (Å²) in [6.07, 6.45) is 0.489. The molecule has 0 amide bonds. The zero-order valence-electron chi connectivity index (χ0n) is 10.0. The van der Waals surface area contributed by atoms with Gasteiger partial charge in [0, 0.05) is 12.0 Å². The van der Waals surface area contributed by atoms with Crippen molar-refractivity contribution in [2.45, 2.75) is 13.3 Å². The summed E-state index contributed by atoms with van der Waals surface area (Å²) in [6.45, 7) is 1.88. The van der Waals surface area contributed by atoms with Crippen LogP contribution in [-0.2, 0) is 6.42 Å². The fourth-order valence-electron chi connectivity index (χ4n) is 1.76. The number of nitrogens with zero attached hydrogens (tertiary/aromatic N) is 2. The highest BCUT2D eigenvalue weighted by Gasteiger charge is 2.10. The van der Waals surface area contributed by atoms with Gasteiger partial charge in [-0.05, 0) is 25.6 Å². The molecule has 0 spiro atoms. The number of ketones is 1. The van der Waals surface area contributed by atoms with Gasteiger partial charge in [-0.15, -0.1) is 0 Å². The molecule has 0 bridgehead atoms. The Kier molecular flexibility index (Phi) is 3.38. The maximum atomic E-state index is 11.7. The van der Waals surface area contributed by atoms with Crippen molar-refractivity contribution < 1.29 is 4.79 Å². The Morgan fingerprint density at radius 2 is 2.28 bits per heavy atom. The molecule has 18 heavy (non-hydrogen) atoms. The van der Waals surface area contributed by atoms with Crippen molar-refractivity contribution in [2.24, 2.45) is 5.73 Å². The zero-order chi connectivity index (χ0) is 13.1. The van der Waals surface area contributed by atoms with E-state index in [1.54, 1.807) is 24.3 Å². The van der Waals surface area contributed by atoms with E-state index in [0.717, 1.165) is 0 Å². The molecule has 6 nitrogen and oxygen atoms in total. The van der Waals surface area contributed by atoms with Crippen molar-refractivity contribution in [3.8, 4) is 5.69 Å². The fraction of sp³-hybridized carbons (Fsp3) is 0.250. The van der Waals surface area contributed by atoms with Gasteiger partial charge in [-0.2, -0.15) is 5.10 Å². The lowest BCUT2D eigenvalue weighted by Crippen LogP contribution is -2.18. The molecule has 0 atom stereocenters. The van der Waals surface area contributed by atoms with E-state index < -0.39 is 0 Å². The third kappa shape index (κ3) is 2.23. The number of benzene rings is 1. The first-order valence-corrected chi connectivity index (χ1v) is 5.61. The number of aromatic amines is 1. The molecule has 0 saturated carbocycles. The van der Waals surface area contributed by atoms with Crippen LogP contribution < -0.4 is 11.4 Å².